The van der Waals surface area contributed by atoms with Gasteiger partial charge in [-0.05, 0) is 49.4 Å². The van der Waals surface area contributed by atoms with Crippen LogP contribution in [0.5, 0.6) is 5.75 Å². The second kappa shape index (κ2) is 8.70. The van der Waals surface area contributed by atoms with E-state index >= 15 is 0 Å². The van der Waals surface area contributed by atoms with Crippen molar-refractivity contribution in [1.82, 2.24) is 4.98 Å². The van der Waals surface area contributed by atoms with Crippen molar-refractivity contribution in [2.45, 2.75) is 32.2 Å². The molecule has 0 bridgehead atoms. The summed E-state index contributed by atoms with van der Waals surface area (Å²) in [6, 6.07) is 21.6. The zero-order valence-electron chi connectivity index (χ0n) is 15.9. The summed E-state index contributed by atoms with van der Waals surface area (Å²) >= 11 is 0. The third-order valence-electron chi connectivity index (χ3n) is 5.10. The van der Waals surface area contributed by atoms with Crippen molar-refractivity contribution in [3.05, 3.63) is 89.7 Å². The van der Waals surface area contributed by atoms with Crippen molar-refractivity contribution in [2.75, 3.05) is 11.5 Å². The fraction of sp³-hybridized carbons (Fsp3) is 0.250. The predicted molar refractivity (Wildman–Crippen MR) is 110 cm³/mol. The van der Waals surface area contributed by atoms with Crippen LogP contribution in [0.4, 0.5) is 5.69 Å². The van der Waals surface area contributed by atoms with Crippen LogP contribution in [0.15, 0.2) is 72.9 Å². The Hall–Kier alpha value is -3.14. The fourth-order valence-corrected chi connectivity index (χ4v) is 3.64. The molecule has 0 saturated carbocycles. The van der Waals surface area contributed by atoms with Crippen LogP contribution < -0.4 is 9.64 Å². The van der Waals surface area contributed by atoms with Gasteiger partial charge in [0.1, 0.15) is 5.75 Å². The van der Waals surface area contributed by atoms with Gasteiger partial charge in [0.05, 0.1) is 6.54 Å². The summed E-state index contributed by atoms with van der Waals surface area (Å²) in [5, 5.41) is 0. The highest BCUT2D eigenvalue weighted by atomic mass is 16.5. The number of para-hydroxylation sites is 1. The third kappa shape index (κ3) is 4.22. The third-order valence-corrected chi connectivity index (χ3v) is 5.10. The van der Waals surface area contributed by atoms with E-state index in [1.165, 1.54) is 6.42 Å². The number of hydrogen-bond acceptors (Lipinski definition) is 3. The number of amides is 1. The van der Waals surface area contributed by atoms with E-state index in [1.807, 2.05) is 66.7 Å². The number of carbonyl (C=O) groups is 1. The molecule has 1 aromatic heterocycles. The van der Waals surface area contributed by atoms with Crippen molar-refractivity contribution in [3.63, 3.8) is 0 Å². The van der Waals surface area contributed by atoms with E-state index in [4.69, 9.17) is 4.74 Å². The van der Waals surface area contributed by atoms with E-state index in [1.54, 1.807) is 11.1 Å². The number of anilines is 1. The van der Waals surface area contributed by atoms with E-state index in [9.17, 15) is 4.79 Å². The number of ether oxygens (including phenoxy) is 1. The molecule has 0 saturated heterocycles. The topological polar surface area (TPSA) is 42.4 Å². The second-order valence-corrected chi connectivity index (χ2v) is 7.03. The minimum Gasteiger partial charge on any atom is -0.483 e. The Labute approximate surface area is 165 Å². The lowest BCUT2D eigenvalue weighted by molar-refractivity contribution is -0.120. The Kier molecular flexibility index (Phi) is 5.66. The molecule has 4 nitrogen and oxygen atoms in total. The van der Waals surface area contributed by atoms with Crippen LogP contribution >= 0.6 is 0 Å². The summed E-state index contributed by atoms with van der Waals surface area (Å²) < 4.78 is 5.98. The van der Waals surface area contributed by atoms with Crippen LogP contribution in [-0.4, -0.2) is 17.5 Å². The number of hydrogen-bond donors (Lipinski definition) is 0. The van der Waals surface area contributed by atoms with E-state index in [0.717, 1.165) is 47.5 Å². The molecule has 0 N–H and O–H groups in total. The molecule has 2 aromatic carbocycles. The van der Waals surface area contributed by atoms with Gasteiger partial charge in [-0.1, -0.05) is 48.5 Å². The maximum atomic E-state index is 13.1. The number of aromatic nitrogens is 1. The molecule has 142 valence electrons. The van der Waals surface area contributed by atoms with E-state index in [2.05, 4.69) is 4.98 Å². The zero-order valence-corrected chi connectivity index (χ0v) is 15.9. The van der Waals surface area contributed by atoms with Gasteiger partial charge in [0, 0.05) is 23.1 Å². The molecule has 0 aliphatic heterocycles. The first-order chi connectivity index (χ1) is 13.8. The van der Waals surface area contributed by atoms with E-state index in [-0.39, 0.29) is 12.5 Å². The van der Waals surface area contributed by atoms with Gasteiger partial charge in [-0.15, -0.1) is 0 Å². The van der Waals surface area contributed by atoms with Crippen LogP contribution in [0.25, 0.3) is 0 Å². The molecule has 0 spiro atoms. The number of aryl methyl sites for hydroxylation is 1. The summed E-state index contributed by atoms with van der Waals surface area (Å²) in [5.74, 6) is 0.738. The van der Waals surface area contributed by atoms with Gasteiger partial charge < -0.3 is 9.64 Å². The molecule has 0 unspecified atom stereocenters. The molecule has 0 fully saturated rings. The molecule has 1 heterocycles. The summed E-state index contributed by atoms with van der Waals surface area (Å²) in [6.07, 6.45) is 6.06. The molecule has 4 rings (SSSR count). The molecule has 0 radical (unpaired) electrons. The van der Waals surface area contributed by atoms with Gasteiger partial charge in [-0.3, -0.25) is 9.78 Å². The van der Waals surface area contributed by atoms with E-state index < -0.39 is 0 Å². The Bertz CT molecular complexity index is 926. The molecule has 4 heteroatoms. The lowest BCUT2D eigenvalue weighted by atomic mass is 9.95. The van der Waals surface area contributed by atoms with Crippen molar-refractivity contribution >= 4 is 11.6 Å². The number of pyridine rings is 1. The number of benzene rings is 2. The van der Waals surface area contributed by atoms with Gasteiger partial charge in [0.15, 0.2) is 6.61 Å². The lowest BCUT2D eigenvalue weighted by Gasteiger charge is -2.24. The highest BCUT2D eigenvalue weighted by molar-refractivity contribution is 5.94. The number of carbonyl (C=O) groups excluding carboxylic acids is 1. The molecule has 1 aliphatic carbocycles. The first-order valence-electron chi connectivity index (χ1n) is 9.80. The van der Waals surface area contributed by atoms with Crippen LogP contribution in [0.2, 0.25) is 0 Å². The van der Waals surface area contributed by atoms with Gasteiger partial charge in [-0.2, -0.15) is 0 Å². The maximum absolute atomic E-state index is 13.1. The summed E-state index contributed by atoms with van der Waals surface area (Å²) in [7, 11) is 0. The van der Waals surface area contributed by atoms with E-state index in [0.29, 0.717) is 6.54 Å². The Balaban J connectivity index is 1.51. The number of fused-ring (bicyclic) bond motifs is 1. The molecule has 1 aliphatic rings. The Morgan fingerprint density at radius 2 is 1.64 bits per heavy atom. The summed E-state index contributed by atoms with van der Waals surface area (Å²) in [4.78, 5) is 19.3. The van der Waals surface area contributed by atoms with Crippen LogP contribution in [-0.2, 0) is 24.2 Å². The Morgan fingerprint density at radius 3 is 2.43 bits per heavy atom. The number of rotatable bonds is 6. The fourth-order valence-electron chi connectivity index (χ4n) is 3.64. The summed E-state index contributed by atoms with van der Waals surface area (Å²) in [5.41, 5.74) is 4.23. The average molecular weight is 372 g/mol. The highest BCUT2D eigenvalue weighted by Crippen LogP contribution is 2.28. The lowest BCUT2D eigenvalue weighted by Crippen LogP contribution is -2.34. The molecule has 0 atom stereocenters. The van der Waals surface area contributed by atoms with Crippen LogP contribution in [0.1, 0.15) is 29.7 Å². The molecule has 28 heavy (non-hydrogen) atoms. The predicted octanol–water partition coefficient (Wildman–Crippen LogP) is 4.57. The minimum absolute atomic E-state index is 0.0121. The minimum atomic E-state index is -0.0589. The highest BCUT2D eigenvalue weighted by Gasteiger charge is 2.19. The average Bonchev–Trinajstić information content (AvgIpc) is 2.77. The van der Waals surface area contributed by atoms with Gasteiger partial charge in [0.2, 0.25) is 0 Å². The standard InChI is InChI=1S/C24H24N2O2/c27-24(18-28-23-15-16-25-22-14-8-7-13-21(22)23)26(20-11-5-2-6-12-20)17-19-9-3-1-4-10-19/h1-6,9-12,15-16H,7-8,13-14,17-18H2. The quantitative estimate of drug-likeness (QED) is 0.636. The Morgan fingerprint density at radius 1 is 0.929 bits per heavy atom. The van der Waals surface area contributed by atoms with Crippen LogP contribution in [0.3, 0.4) is 0 Å². The monoisotopic (exact) mass is 372 g/mol. The SMILES string of the molecule is O=C(COc1ccnc2c1CCCC2)N(Cc1ccccc1)c1ccccc1. The van der Waals surface area contributed by atoms with Crippen molar-refractivity contribution in [1.29, 1.82) is 0 Å². The largest absolute Gasteiger partial charge is 0.483 e. The number of nitrogens with zero attached hydrogens (tertiary/aromatic N) is 2. The molecule has 1 amide bonds. The molecule has 3 aromatic rings. The first kappa shape index (κ1) is 18.2. The van der Waals surface area contributed by atoms with Gasteiger partial charge in [-0.25, -0.2) is 0 Å². The van der Waals surface area contributed by atoms with Gasteiger partial charge >= 0.3 is 0 Å². The van der Waals surface area contributed by atoms with Crippen LogP contribution in [0, 0.1) is 0 Å². The second-order valence-electron chi connectivity index (χ2n) is 7.03. The molecular formula is C24H24N2O2. The van der Waals surface area contributed by atoms with Crippen molar-refractivity contribution in [2.24, 2.45) is 0 Å². The van der Waals surface area contributed by atoms with Crippen molar-refractivity contribution < 1.29 is 9.53 Å². The zero-order chi connectivity index (χ0) is 19.2. The smallest absolute Gasteiger partial charge is 0.265 e. The normalized spacial score (nSPS) is 12.9. The molecular weight excluding hydrogens is 348 g/mol. The maximum Gasteiger partial charge on any atom is 0.265 e. The van der Waals surface area contributed by atoms with Crippen molar-refractivity contribution in [3.8, 4) is 5.75 Å². The van der Waals surface area contributed by atoms with Gasteiger partial charge in [0.25, 0.3) is 5.91 Å². The summed E-state index contributed by atoms with van der Waals surface area (Å²) in [6.45, 7) is 0.527. The first-order valence-corrected chi connectivity index (χ1v) is 9.80.